The molecule has 0 aliphatic heterocycles. The van der Waals surface area contributed by atoms with Crippen molar-refractivity contribution in [3.05, 3.63) is 193 Å². The summed E-state index contributed by atoms with van der Waals surface area (Å²) in [4.78, 5) is 33.2. The van der Waals surface area contributed by atoms with E-state index >= 15 is 0 Å². The van der Waals surface area contributed by atoms with Crippen molar-refractivity contribution in [2.45, 2.75) is 25.7 Å². The van der Waals surface area contributed by atoms with E-state index < -0.39 is 0 Å². The van der Waals surface area contributed by atoms with Crippen LogP contribution in [0.1, 0.15) is 24.0 Å². The second-order valence-electron chi connectivity index (χ2n) is 14.9. The third kappa shape index (κ3) is 10.8. The molecule has 7 nitrogen and oxygen atoms in total. The van der Waals surface area contributed by atoms with Gasteiger partial charge >= 0.3 is 11.9 Å². The van der Waals surface area contributed by atoms with Crippen molar-refractivity contribution in [3.8, 4) is 30.6 Å². The summed E-state index contributed by atoms with van der Waals surface area (Å²) in [7, 11) is 3.02. The first-order valence-corrected chi connectivity index (χ1v) is 22.6. The average molecular weight is 869 g/mol. The Bertz CT molecular complexity index is 2700. The van der Waals surface area contributed by atoms with Crippen LogP contribution in [-0.4, -0.2) is 39.4 Å². The Labute approximate surface area is 377 Å². The van der Waals surface area contributed by atoms with Gasteiger partial charge in [-0.1, -0.05) is 84.9 Å². The van der Waals surface area contributed by atoms with Crippen LogP contribution in [0.5, 0.6) is 0 Å². The fourth-order valence-electron chi connectivity index (χ4n) is 7.38. The van der Waals surface area contributed by atoms with Crippen LogP contribution in [0.4, 0.5) is 34.1 Å². The lowest BCUT2D eigenvalue weighted by Crippen LogP contribution is -2.11. The first-order chi connectivity index (χ1) is 30.9. The molecule has 0 radical (unpaired) electrons. The summed E-state index contributed by atoms with van der Waals surface area (Å²) in [6.07, 6.45) is 1.94. The predicted molar refractivity (Wildman–Crippen MR) is 259 cm³/mol. The maximum atomic E-state index is 12.1. The summed E-state index contributed by atoms with van der Waals surface area (Å²) in [5.41, 5.74) is 10.8. The van der Waals surface area contributed by atoms with Gasteiger partial charge in [0, 0.05) is 73.6 Å². The van der Waals surface area contributed by atoms with Gasteiger partial charge in [-0.25, -0.2) is 0 Å². The molecule has 0 atom stereocenters. The molecule has 8 rings (SSSR count). The Morgan fingerprint density at radius 2 is 0.778 bits per heavy atom. The summed E-state index contributed by atoms with van der Waals surface area (Å²) in [6.45, 7) is 0.674. The van der Waals surface area contributed by atoms with Crippen molar-refractivity contribution < 1.29 is 23.8 Å². The van der Waals surface area contributed by atoms with Crippen molar-refractivity contribution in [2.75, 3.05) is 37.2 Å². The Balaban J connectivity index is 0.955. The lowest BCUT2D eigenvalue weighted by molar-refractivity contribution is -0.145. The Kier molecular flexibility index (Phi) is 14.2. The van der Waals surface area contributed by atoms with E-state index in [0.29, 0.717) is 32.3 Å². The largest absolute Gasteiger partial charge is 0.469 e. The van der Waals surface area contributed by atoms with E-state index in [9.17, 15) is 9.59 Å². The van der Waals surface area contributed by atoms with Gasteiger partial charge in [0.25, 0.3) is 0 Å². The number of benzene rings is 6. The number of thiophene rings is 2. The van der Waals surface area contributed by atoms with Gasteiger partial charge in [-0.3, -0.25) is 9.59 Å². The lowest BCUT2D eigenvalue weighted by Gasteiger charge is -2.25. The predicted octanol–water partition coefficient (Wildman–Crippen LogP) is 14.0. The van der Waals surface area contributed by atoms with Gasteiger partial charge in [0.15, 0.2) is 0 Å². The number of methoxy groups -OCH3 is 2. The van der Waals surface area contributed by atoms with E-state index in [0.717, 1.165) is 45.3 Å². The van der Waals surface area contributed by atoms with Crippen molar-refractivity contribution in [3.63, 3.8) is 0 Å². The summed E-state index contributed by atoms with van der Waals surface area (Å²) in [5, 5.41) is 0. The van der Waals surface area contributed by atoms with Crippen molar-refractivity contribution in [1.29, 1.82) is 0 Å². The molecule has 0 aliphatic carbocycles. The number of anilines is 6. The fourth-order valence-corrected chi connectivity index (χ4v) is 9.49. The SMILES string of the molecule is COCCOC(=O)CCc1ccc(N(c2ccccc2)c2ccc(-c3ccc(-c4ccc(-c5ccc(N(c6ccccc6)c6ccc(CCC(=O)OC)cc6)cc5)s4)s3)cc2)cc1. The molecule has 63 heavy (non-hydrogen) atoms. The third-order valence-electron chi connectivity index (χ3n) is 10.7. The van der Waals surface area contributed by atoms with Gasteiger partial charge in [0.05, 0.1) is 13.7 Å². The van der Waals surface area contributed by atoms with Gasteiger partial charge in [0.2, 0.25) is 0 Å². The number of hydrogen-bond donors (Lipinski definition) is 0. The normalized spacial score (nSPS) is 11.0. The number of ether oxygens (including phenoxy) is 3. The van der Waals surface area contributed by atoms with E-state index in [1.165, 1.54) is 37.7 Å². The second-order valence-corrected chi connectivity index (χ2v) is 17.1. The van der Waals surface area contributed by atoms with Crippen LogP contribution in [0.2, 0.25) is 0 Å². The number of nitrogens with zero attached hydrogens (tertiary/aromatic N) is 2. The fraction of sp³-hybridized carbons (Fsp3) is 0.148. The van der Waals surface area contributed by atoms with E-state index in [1.807, 2.05) is 12.1 Å². The number of hydrogen-bond acceptors (Lipinski definition) is 9. The van der Waals surface area contributed by atoms with E-state index in [1.54, 1.807) is 29.8 Å². The van der Waals surface area contributed by atoms with Crippen LogP contribution in [-0.2, 0) is 36.6 Å². The van der Waals surface area contributed by atoms with Crippen LogP contribution in [0.3, 0.4) is 0 Å². The highest BCUT2D eigenvalue weighted by Crippen LogP contribution is 2.43. The van der Waals surface area contributed by atoms with E-state index in [4.69, 9.17) is 14.2 Å². The molecule has 6 aromatic carbocycles. The highest BCUT2D eigenvalue weighted by molar-refractivity contribution is 7.25. The Morgan fingerprint density at radius 3 is 1.17 bits per heavy atom. The van der Waals surface area contributed by atoms with E-state index in [-0.39, 0.29) is 18.5 Å². The minimum absolute atomic E-state index is 0.203. The molecule has 0 N–H and O–H groups in total. The molecule has 0 unspecified atom stereocenters. The number of carbonyl (C=O) groups excluding carboxylic acids is 2. The summed E-state index contributed by atoms with van der Waals surface area (Å²) < 4.78 is 15.0. The van der Waals surface area contributed by atoms with Gasteiger partial charge in [-0.2, -0.15) is 0 Å². The van der Waals surface area contributed by atoms with Gasteiger partial charge in [-0.05, 0) is 132 Å². The third-order valence-corrected chi connectivity index (χ3v) is 13.2. The number of carbonyl (C=O) groups is 2. The average Bonchev–Trinajstić information content (AvgIpc) is 4.04. The molecule has 316 valence electrons. The maximum Gasteiger partial charge on any atom is 0.306 e. The quantitative estimate of drug-likeness (QED) is 0.0628. The molecular formula is C54H48N2O5S2. The maximum absolute atomic E-state index is 12.1. The Morgan fingerprint density at radius 1 is 0.413 bits per heavy atom. The number of para-hydroxylation sites is 2. The van der Waals surface area contributed by atoms with Crippen molar-refractivity contribution >= 4 is 68.7 Å². The highest BCUT2D eigenvalue weighted by Gasteiger charge is 2.16. The molecule has 8 aromatic rings. The number of esters is 2. The number of rotatable bonds is 18. The zero-order valence-corrected chi connectivity index (χ0v) is 36.9. The molecule has 2 aromatic heterocycles. The van der Waals surface area contributed by atoms with Gasteiger partial charge in [-0.15, -0.1) is 22.7 Å². The second kappa shape index (κ2) is 20.9. The summed E-state index contributed by atoms with van der Waals surface area (Å²) >= 11 is 3.61. The minimum Gasteiger partial charge on any atom is -0.469 e. The summed E-state index contributed by atoms with van der Waals surface area (Å²) in [5.74, 6) is -0.421. The smallest absolute Gasteiger partial charge is 0.306 e. The molecule has 0 saturated heterocycles. The van der Waals surface area contributed by atoms with Crippen molar-refractivity contribution in [1.82, 2.24) is 0 Å². The van der Waals surface area contributed by atoms with Crippen LogP contribution in [0, 0.1) is 0 Å². The molecular weight excluding hydrogens is 821 g/mol. The molecule has 0 amide bonds. The lowest BCUT2D eigenvalue weighted by atomic mass is 10.1. The van der Waals surface area contributed by atoms with Crippen LogP contribution >= 0.6 is 22.7 Å². The molecule has 0 saturated carbocycles. The first-order valence-electron chi connectivity index (χ1n) is 21.0. The topological polar surface area (TPSA) is 68.3 Å². The van der Waals surface area contributed by atoms with Crippen molar-refractivity contribution in [2.24, 2.45) is 0 Å². The molecule has 0 spiro atoms. The highest BCUT2D eigenvalue weighted by atomic mass is 32.1. The summed E-state index contributed by atoms with van der Waals surface area (Å²) in [6, 6.07) is 63.9. The van der Waals surface area contributed by atoms with Gasteiger partial charge in [0.1, 0.15) is 6.61 Å². The molecule has 0 bridgehead atoms. The minimum atomic E-state index is -0.218. The van der Waals surface area contributed by atoms with Crippen LogP contribution < -0.4 is 9.80 Å². The standard InChI is InChI=1S/C54H48N2O5S2/c1-59-37-38-61-54(58)36-18-40-15-25-46(26-16-40)56(44-11-7-4-8-12-44)48-29-21-42(22-30-48)50-32-34-52(63-50)51-33-31-49(62-51)41-19-27-47(28-20-41)55(43-9-5-3-6-10-43)45-23-13-39(14-24-45)17-35-53(57)60-2/h3-16,19-34H,17-18,35-38H2,1-2H3. The zero-order valence-electron chi connectivity index (χ0n) is 35.3. The zero-order chi connectivity index (χ0) is 43.4. The molecule has 0 aliphatic rings. The van der Waals surface area contributed by atoms with Crippen LogP contribution in [0.25, 0.3) is 30.6 Å². The van der Waals surface area contributed by atoms with Crippen LogP contribution in [0.15, 0.2) is 182 Å². The molecule has 0 fully saturated rings. The first kappa shape index (κ1) is 42.9. The number of aryl methyl sites for hydroxylation is 2. The molecule has 9 heteroatoms. The monoisotopic (exact) mass is 868 g/mol. The van der Waals surface area contributed by atoms with Gasteiger partial charge < -0.3 is 24.0 Å². The Hall–Kier alpha value is -6.78. The van der Waals surface area contributed by atoms with E-state index in [2.05, 4.69) is 180 Å². The molecule has 2 heterocycles.